The molecule has 2 aliphatic heterocycles. The van der Waals surface area contributed by atoms with E-state index in [1.54, 1.807) is 11.4 Å². The number of piperidine rings is 1. The second-order valence-corrected chi connectivity index (χ2v) is 9.25. The summed E-state index contributed by atoms with van der Waals surface area (Å²) in [4.78, 5) is 4.30. The SMILES string of the molecule is CN=C(NCC1CCN(S(C)(=O)=O)CC1)NC1CCCSC1.I. The third kappa shape index (κ3) is 7.35. The topological polar surface area (TPSA) is 73.8 Å². The summed E-state index contributed by atoms with van der Waals surface area (Å²) < 4.78 is 24.6. The lowest BCUT2D eigenvalue weighted by Gasteiger charge is -2.31. The molecule has 0 saturated carbocycles. The molecule has 2 saturated heterocycles. The molecule has 6 nitrogen and oxygen atoms in total. The van der Waals surface area contributed by atoms with Gasteiger partial charge in [0, 0.05) is 38.5 Å². The largest absolute Gasteiger partial charge is 0.356 e. The zero-order valence-corrected chi connectivity index (χ0v) is 17.9. The minimum atomic E-state index is -3.03. The molecule has 0 bridgehead atoms. The summed E-state index contributed by atoms with van der Waals surface area (Å²) in [6, 6.07) is 0.511. The highest BCUT2D eigenvalue weighted by molar-refractivity contribution is 14.0. The molecule has 136 valence electrons. The van der Waals surface area contributed by atoms with E-state index in [2.05, 4.69) is 15.6 Å². The van der Waals surface area contributed by atoms with Crippen molar-refractivity contribution < 1.29 is 8.42 Å². The van der Waals surface area contributed by atoms with Crippen LogP contribution in [-0.2, 0) is 10.0 Å². The van der Waals surface area contributed by atoms with Gasteiger partial charge in [0.25, 0.3) is 0 Å². The van der Waals surface area contributed by atoms with Gasteiger partial charge in [0.2, 0.25) is 10.0 Å². The molecule has 23 heavy (non-hydrogen) atoms. The molecule has 0 aromatic carbocycles. The summed E-state index contributed by atoms with van der Waals surface area (Å²) >= 11 is 2.00. The number of nitrogens with one attached hydrogen (secondary N) is 2. The molecule has 2 fully saturated rings. The Bertz CT molecular complexity index is 473. The Morgan fingerprint density at radius 1 is 1.30 bits per heavy atom. The van der Waals surface area contributed by atoms with Crippen molar-refractivity contribution in [3.8, 4) is 0 Å². The molecule has 0 radical (unpaired) electrons. The Balaban J connectivity index is 0.00000264. The van der Waals surface area contributed by atoms with Crippen LogP contribution in [0.3, 0.4) is 0 Å². The summed E-state index contributed by atoms with van der Waals surface area (Å²) in [5.74, 6) is 3.80. The van der Waals surface area contributed by atoms with Gasteiger partial charge in [0.05, 0.1) is 6.26 Å². The Morgan fingerprint density at radius 3 is 2.52 bits per heavy atom. The number of guanidine groups is 1. The molecule has 2 rings (SSSR count). The second-order valence-electron chi connectivity index (χ2n) is 6.12. The Hall–Kier alpha value is 0.260. The van der Waals surface area contributed by atoms with Crippen LogP contribution in [0, 0.1) is 5.92 Å². The second kappa shape index (κ2) is 10.3. The maximum absolute atomic E-state index is 11.5. The molecule has 0 amide bonds. The lowest BCUT2D eigenvalue weighted by molar-refractivity contribution is 0.274. The van der Waals surface area contributed by atoms with Gasteiger partial charge in [-0.25, -0.2) is 12.7 Å². The molecule has 2 heterocycles. The van der Waals surface area contributed by atoms with E-state index in [1.807, 2.05) is 11.8 Å². The van der Waals surface area contributed by atoms with Crippen LogP contribution in [0.25, 0.3) is 0 Å². The molecule has 1 unspecified atom stereocenters. The molecular formula is C14H29IN4O2S2. The number of thioether (sulfide) groups is 1. The lowest BCUT2D eigenvalue weighted by atomic mass is 9.98. The van der Waals surface area contributed by atoms with Crippen molar-refractivity contribution >= 4 is 51.7 Å². The first-order chi connectivity index (χ1) is 10.5. The highest BCUT2D eigenvalue weighted by Crippen LogP contribution is 2.19. The van der Waals surface area contributed by atoms with Crippen LogP contribution in [-0.4, -0.2) is 69.2 Å². The van der Waals surface area contributed by atoms with E-state index < -0.39 is 10.0 Å². The van der Waals surface area contributed by atoms with E-state index >= 15 is 0 Å². The van der Waals surface area contributed by atoms with Crippen LogP contribution in [0.4, 0.5) is 0 Å². The summed E-state index contributed by atoms with van der Waals surface area (Å²) in [5, 5.41) is 6.89. The van der Waals surface area contributed by atoms with Gasteiger partial charge >= 0.3 is 0 Å². The molecule has 2 aliphatic rings. The molecule has 0 spiro atoms. The Kier molecular flexibility index (Phi) is 9.54. The highest BCUT2D eigenvalue weighted by atomic mass is 127. The maximum atomic E-state index is 11.5. The number of halogens is 1. The van der Waals surface area contributed by atoms with Gasteiger partial charge in [-0.15, -0.1) is 24.0 Å². The number of aliphatic imine (C=N–C) groups is 1. The molecular weight excluding hydrogens is 447 g/mol. The standard InChI is InChI=1S/C14H28N4O2S2.HI/c1-15-14(17-13-4-3-9-21-11-13)16-10-12-5-7-18(8-6-12)22(2,19)20;/h12-13H,3-11H2,1-2H3,(H2,15,16,17);1H. The molecule has 1 atom stereocenters. The van der Waals surface area contributed by atoms with Crippen LogP contribution >= 0.6 is 35.7 Å². The van der Waals surface area contributed by atoms with Crippen LogP contribution < -0.4 is 10.6 Å². The van der Waals surface area contributed by atoms with Crippen molar-refractivity contribution in [3.05, 3.63) is 0 Å². The van der Waals surface area contributed by atoms with Gasteiger partial charge in [-0.2, -0.15) is 11.8 Å². The third-order valence-corrected chi connectivity index (χ3v) is 6.84. The van der Waals surface area contributed by atoms with Gasteiger partial charge in [-0.3, -0.25) is 4.99 Å². The van der Waals surface area contributed by atoms with Crippen LogP contribution in [0.2, 0.25) is 0 Å². The smallest absolute Gasteiger partial charge is 0.211 e. The predicted octanol–water partition coefficient (Wildman–Crippen LogP) is 1.34. The molecule has 0 aromatic rings. The number of rotatable bonds is 4. The molecule has 0 aromatic heterocycles. The van der Waals surface area contributed by atoms with E-state index in [1.165, 1.54) is 24.9 Å². The van der Waals surface area contributed by atoms with Gasteiger partial charge in [-0.05, 0) is 37.4 Å². The van der Waals surface area contributed by atoms with E-state index in [4.69, 9.17) is 0 Å². The predicted molar refractivity (Wildman–Crippen MR) is 109 cm³/mol. The zero-order chi connectivity index (χ0) is 16.0. The summed E-state index contributed by atoms with van der Waals surface area (Å²) in [6.45, 7) is 2.13. The van der Waals surface area contributed by atoms with Gasteiger partial charge in [0.1, 0.15) is 0 Å². The molecule has 2 N–H and O–H groups in total. The quantitative estimate of drug-likeness (QED) is 0.364. The van der Waals surface area contributed by atoms with Crippen LogP contribution in [0.5, 0.6) is 0 Å². The average Bonchev–Trinajstić information content (AvgIpc) is 2.52. The first-order valence-corrected chi connectivity index (χ1v) is 11.0. The number of hydrogen-bond acceptors (Lipinski definition) is 4. The number of sulfonamides is 1. The van der Waals surface area contributed by atoms with E-state index in [0.29, 0.717) is 25.0 Å². The van der Waals surface area contributed by atoms with Gasteiger partial charge in [0.15, 0.2) is 5.96 Å². The normalized spacial score (nSPS) is 24.8. The van der Waals surface area contributed by atoms with E-state index in [9.17, 15) is 8.42 Å². The van der Waals surface area contributed by atoms with E-state index in [0.717, 1.165) is 31.1 Å². The average molecular weight is 476 g/mol. The summed E-state index contributed by atoms with van der Waals surface area (Å²) in [7, 11) is -1.23. The minimum absolute atomic E-state index is 0. The highest BCUT2D eigenvalue weighted by Gasteiger charge is 2.25. The zero-order valence-electron chi connectivity index (χ0n) is 14.0. The summed E-state index contributed by atoms with van der Waals surface area (Å²) in [5.41, 5.74) is 0. The molecule has 9 heteroatoms. The lowest BCUT2D eigenvalue weighted by Crippen LogP contribution is -2.48. The van der Waals surface area contributed by atoms with Crippen LogP contribution in [0.1, 0.15) is 25.7 Å². The van der Waals surface area contributed by atoms with Crippen molar-refractivity contribution in [2.45, 2.75) is 31.7 Å². The van der Waals surface area contributed by atoms with Gasteiger partial charge in [-0.1, -0.05) is 0 Å². The van der Waals surface area contributed by atoms with Gasteiger partial charge < -0.3 is 10.6 Å². The number of nitrogens with zero attached hydrogens (tertiary/aromatic N) is 2. The minimum Gasteiger partial charge on any atom is -0.356 e. The van der Waals surface area contributed by atoms with E-state index in [-0.39, 0.29) is 24.0 Å². The summed E-state index contributed by atoms with van der Waals surface area (Å²) in [6.07, 6.45) is 5.59. The Labute approximate surface area is 161 Å². The fourth-order valence-corrected chi connectivity index (χ4v) is 4.87. The maximum Gasteiger partial charge on any atom is 0.211 e. The first kappa shape index (κ1) is 21.3. The monoisotopic (exact) mass is 476 g/mol. The van der Waals surface area contributed by atoms with Crippen molar-refractivity contribution in [1.29, 1.82) is 0 Å². The van der Waals surface area contributed by atoms with Crippen molar-refractivity contribution in [1.82, 2.24) is 14.9 Å². The number of hydrogen-bond donors (Lipinski definition) is 2. The fraction of sp³-hybridized carbons (Fsp3) is 0.929. The fourth-order valence-electron chi connectivity index (χ4n) is 2.93. The third-order valence-electron chi connectivity index (χ3n) is 4.33. The van der Waals surface area contributed by atoms with Crippen molar-refractivity contribution in [2.24, 2.45) is 10.9 Å². The van der Waals surface area contributed by atoms with Crippen molar-refractivity contribution in [2.75, 3.05) is 44.4 Å². The van der Waals surface area contributed by atoms with Crippen molar-refractivity contribution in [3.63, 3.8) is 0 Å². The van der Waals surface area contributed by atoms with Crippen LogP contribution in [0.15, 0.2) is 4.99 Å². The Morgan fingerprint density at radius 2 is 2.00 bits per heavy atom. The first-order valence-electron chi connectivity index (χ1n) is 7.99. The molecule has 0 aliphatic carbocycles.